The van der Waals surface area contributed by atoms with E-state index in [1.807, 2.05) is 12.1 Å². The maximum atomic E-state index is 3.95. The summed E-state index contributed by atoms with van der Waals surface area (Å²) in [6, 6.07) is 18.9. The summed E-state index contributed by atoms with van der Waals surface area (Å²) in [5.74, 6) is 0. The molecular formula is C17H15N. The number of nitrogens with zero attached hydrogens (tertiary/aromatic N) is 1. The molecule has 0 radical (unpaired) electrons. The minimum Gasteiger partial charge on any atom is -0.310 e. The molecule has 0 amide bonds. The van der Waals surface area contributed by atoms with Crippen molar-refractivity contribution in [1.82, 2.24) is 4.57 Å². The Bertz CT molecular complexity index is 705. The van der Waals surface area contributed by atoms with Gasteiger partial charge in [-0.3, -0.25) is 0 Å². The number of aromatic nitrogens is 1. The Kier molecular flexibility index (Phi) is 2.52. The highest BCUT2D eigenvalue weighted by molar-refractivity contribution is 5.89. The van der Waals surface area contributed by atoms with E-state index in [1.54, 1.807) is 0 Å². The Morgan fingerprint density at radius 3 is 2.33 bits per heavy atom. The highest BCUT2D eigenvalue weighted by Crippen LogP contribution is 2.29. The molecule has 0 atom stereocenters. The normalized spacial score (nSPS) is 10.7. The number of aryl methyl sites for hydroxylation is 1. The van der Waals surface area contributed by atoms with Gasteiger partial charge in [0.25, 0.3) is 0 Å². The molecule has 1 heterocycles. The fraction of sp³-hybridized carbons (Fsp3) is 0.0588. The van der Waals surface area contributed by atoms with Crippen molar-refractivity contribution in [3.63, 3.8) is 0 Å². The molecule has 1 nitrogen and oxygen atoms in total. The van der Waals surface area contributed by atoms with Gasteiger partial charge in [0.05, 0.1) is 5.52 Å². The van der Waals surface area contributed by atoms with Crippen molar-refractivity contribution in [3.8, 4) is 5.69 Å². The molecule has 18 heavy (non-hydrogen) atoms. The summed E-state index contributed by atoms with van der Waals surface area (Å²) in [7, 11) is 0. The zero-order valence-electron chi connectivity index (χ0n) is 10.4. The predicted molar refractivity (Wildman–Crippen MR) is 78.1 cm³/mol. The minimum atomic E-state index is 1.17. The van der Waals surface area contributed by atoms with Gasteiger partial charge in [-0.05, 0) is 36.8 Å². The van der Waals surface area contributed by atoms with Gasteiger partial charge in [-0.15, -0.1) is 0 Å². The first-order chi connectivity index (χ1) is 8.83. The second kappa shape index (κ2) is 4.19. The van der Waals surface area contributed by atoms with E-state index in [0.717, 1.165) is 0 Å². The number of benzene rings is 2. The average molecular weight is 233 g/mol. The van der Waals surface area contributed by atoms with Crippen LogP contribution in [0.3, 0.4) is 0 Å². The third kappa shape index (κ3) is 1.48. The van der Waals surface area contributed by atoms with Crippen LogP contribution >= 0.6 is 0 Å². The van der Waals surface area contributed by atoms with Crippen molar-refractivity contribution in [2.75, 3.05) is 0 Å². The summed E-state index contributed by atoms with van der Waals surface area (Å²) in [4.78, 5) is 0. The van der Waals surface area contributed by atoms with Crippen molar-refractivity contribution in [3.05, 3.63) is 72.4 Å². The molecule has 1 heteroatoms. The van der Waals surface area contributed by atoms with Crippen LogP contribution in [0.5, 0.6) is 0 Å². The van der Waals surface area contributed by atoms with E-state index in [2.05, 4.69) is 66.6 Å². The third-order valence-corrected chi connectivity index (χ3v) is 3.38. The van der Waals surface area contributed by atoms with Gasteiger partial charge in [0.2, 0.25) is 0 Å². The van der Waals surface area contributed by atoms with E-state index in [1.165, 1.54) is 27.8 Å². The molecule has 0 N–H and O–H groups in total. The molecule has 0 aliphatic carbocycles. The Labute approximate surface area is 107 Å². The van der Waals surface area contributed by atoms with E-state index in [9.17, 15) is 0 Å². The lowest BCUT2D eigenvalue weighted by molar-refractivity contribution is 1.10. The first-order valence-corrected chi connectivity index (χ1v) is 6.11. The predicted octanol–water partition coefficient (Wildman–Crippen LogP) is 4.58. The van der Waals surface area contributed by atoms with Crippen LogP contribution < -0.4 is 0 Å². The number of rotatable bonds is 2. The van der Waals surface area contributed by atoms with Crippen LogP contribution in [-0.4, -0.2) is 4.57 Å². The Balaban J connectivity index is 2.44. The molecule has 2 aromatic carbocycles. The largest absolute Gasteiger partial charge is 0.310 e. The zero-order chi connectivity index (χ0) is 12.5. The van der Waals surface area contributed by atoms with Crippen molar-refractivity contribution >= 4 is 17.0 Å². The molecule has 0 saturated heterocycles. The molecule has 0 fully saturated rings. The van der Waals surface area contributed by atoms with Gasteiger partial charge < -0.3 is 4.57 Å². The summed E-state index contributed by atoms with van der Waals surface area (Å²) in [6.07, 6.45) is 1.93. The Morgan fingerprint density at radius 2 is 1.61 bits per heavy atom. The summed E-state index contributed by atoms with van der Waals surface area (Å²) < 4.78 is 2.26. The smallest absolute Gasteiger partial charge is 0.0537 e. The van der Waals surface area contributed by atoms with Crippen molar-refractivity contribution in [1.29, 1.82) is 0 Å². The van der Waals surface area contributed by atoms with Crippen molar-refractivity contribution in [2.24, 2.45) is 0 Å². The van der Waals surface area contributed by atoms with E-state index in [-0.39, 0.29) is 0 Å². The summed E-state index contributed by atoms with van der Waals surface area (Å²) in [5.41, 5.74) is 4.86. The maximum Gasteiger partial charge on any atom is 0.0537 e. The average Bonchev–Trinajstić information content (AvgIpc) is 2.73. The molecule has 3 aromatic rings. The fourth-order valence-electron chi connectivity index (χ4n) is 2.52. The van der Waals surface area contributed by atoms with Crippen molar-refractivity contribution < 1.29 is 0 Å². The van der Waals surface area contributed by atoms with Gasteiger partial charge in [-0.25, -0.2) is 0 Å². The van der Waals surface area contributed by atoms with Crippen LogP contribution in [0.2, 0.25) is 0 Å². The summed E-state index contributed by atoms with van der Waals surface area (Å²) >= 11 is 0. The van der Waals surface area contributed by atoms with Gasteiger partial charge >= 0.3 is 0 Å². The second-order valence-corrected chi connectivity index (χ2v) is 4.40. The van der Waals surface area contributed by atoms with Gasteiger partial charge in [-0.2, -0.15) is 0 Å². The maximum absolute atomic E-state index is 3.95. The number of hydrogen-bond donors (Lipinski definition) is 0. The van der Waals surface area contributed by atoms with Crippen LogP contribution in [0.15, 0.2) is 61.2 Å². The zero-order valence-corrected chi connectivity index (χ0v) is 10.4. The van der Waals surface area contributed by atoms with Gasteiger partial charge in [-0.1, -0.05) is 43.0 Å². The fourth-order valence-corrected chi connectivity index (χ4v) is 2.52. The van der Waals surface area contributed by atoms with Gasteiger partial charge in [0.15, 0.2) is 0 Å². The SMILES string of the molecule is C=Cc1c(C)c2ccccc2n1-c1ccccc1. The lowest BCUT2D eigenvalue weighted by atomic mass is 10.1. The standard InChI is InChI=1S/C17H15N/c1-3-16-13(2)15-11-7-8-12-17(15)18(16)14-9-5-4-6-10-14/h3-12H,1H2,2H3. The molecule has 0 spiro atoms. The van der Waals surface area contributed by atoms with E-state index in [4.69, 9.17) is 0 Å². The number of para-hydroxylation sites is 2. The molecule has 0 saturated carbocycles. The first-order valence-electron chi connectivity index (χ1n) is 6.11. The van der Waals surface area contributed by atoms with Crippen LogP contribution in [0.4, 0.5) is 0 Å². The van der Waals surface area contributed by atoms with E-state index >= 15 is 0 Å². The lowest BCUT2D eigenvalue weighted by Gasteiger charge is -2.08. The van der Waals surface area contributed by atoms with Crippen molar-refractivity contribution in [2.45, 2.75) is 6.92 Å². The molecular weight excluding hydrogens is 218 g/mol. The third-order valence-electron chi connectivity index (χ3n) is 3.38. The molecule has 1 aromatic heterocycles. The summed E-state index contributed by atoms with van der Waals surface area (Å²) in [6.45, 7) is 6.10. The van der Waals surface area contributed by atoms with Crippen LogP contribution in [0, 0.1) is 6.92 Å². The number of fused-ring (bicyclic) bond motifs is 1. The highest BCUT2D eigenvalue weighted by atomic mass is 15.0. The lowest BCUT2D eigenvalue weighted by Crippen LogP contribution is -1.96. The molecule has 0 unspecified atom stereocenters. The Hall–Kier alpha value is -2.28. The van der Waals surface area contributed by atoms with Gasteiger partial charge in [0, 0.05) is 16.8 Å². The van der Waals surface area contributed by atoms with Crippen LogP contribution in [0.1, 0.15) is 11.3 Å². The van der Waals surface area contributed by atoms with E-state index < -0.39 is 0 Å². The van der Waals surface area contributed by atoms with E-state index in [0.29, 0.717) is 0 Å². The second-order valence-electron chi connectivity index (χ2n) is 4.40. The first kappa shape index (κ1) is 10.8. The van der Waals surface area contributed by atoms with Gasteiger partial charge in [0.1, 0.15) is 0 Å². The van der Waals surface area contributed by atoms with Crippen LogP contribution in [-0.2, 0) is 0 Å². The topological polar surface area (TPSA) is 4.93 Å². The molecule has 3 rings (SSSR count). The number of hydrogen-bond acceptors (Lipinski definition) is 0. The molecule has 88 valence electrons. The monoisotopic (exact) mass is 233 g/mol. The highest BCUT2D eigenvalue weighted by Gasteiger charge is 2.12. The molecule has 0 aliphatic heterocycles. The Morgan fingerprint density at radius 1 is 0.944 bits per heavy atom. The quantitative estimate of drug-likeness (QED) is 0.610. The summed E-state index contributed by atoms with van der Waals surface area (Å²) in [5, 5.41) is 1.29. The minimum absolute atomic E-state index is 1.17. The molecule has 0 bridgehead atoms. The molecule has 0 aliphatic rings. The van der Waals surface area contributed by atoms with Crippen LogP contribution in [0.25, 0.3) is 22.7 Å².